The van der Waals surface area contributed by atoms with Crippen LogP contribution in [-0.2, 0) is 14.6 Å². The Balaban J connectivity index is 3.30. The fourth-order valence-corrected chi connectivity index (χ4v) is 1.88. The van der Waals surface area contributed by atoms with Gasteiger partial charge in [0, 0.05) is 6.42 Å². The number of carbonyl (C=O) groups excluding carboxylic acids is 1. The lowest BCUT2D eigenvalue weighted by atomic mass is 10.2. The number of hydrogen-bond donors (Lipinski definition) is 0. The third kappa shape index (κ3) is 12.2. The molecule has 0 unspecified atom stereocenters. The molecule has 0 aromatic carbocycles. The molecule has 0 heterocycles. The molecule has 4 nitrogen and oxygen atoms in total. The average Bonchev–Trinajstić information content (AvgIpc) is 2.43. The average molecular weight is 273 g/mol. The van der Waals surface area contributed by atoms with E-state index in [1.165, 1.54) is 12.8 Å². The highest BCUT2D eigenvalue weighted by Crippen LogP contribution is 2.02. The Hall–Kier alpha value is -0.610. The van der Waals surface area contributed by atoms with Gasteiger partial charge in [0.2, 0.25) is 0 Å². The predicted molar refractivity (Wildman–Crippen MR) is 77.8 cm³/mol. The number of unbranched alkanes of at least 4 members (excludes halogenated alkanes) is 4. The van der Waals surface area contributed by atoms with Crippen LogP contribution in [0.3, 0.4) is 0 Å². The van der Waals surface area contributed by atoms with E-state index in [9.17, 15) is 4.79 Å². The van der Waals surface area contributed by atoms with Crippen LogP contribution in [0.25, 0.3) is 0 Å². The molecule has 19 heavy (non-hydrogen) atoms. The molecule has 0 bridgehead atoms. The predicted octanol–water partition coefficient (Wildman–Crippen LogP) is 3.55. The van der Waals surface area contributed by atoms with Gasteiger partial charge in [0.25, 0.3) is 0 Å². The van der Waals surface area contributed by atoms with E-state index in [1.54, 1.807) is 0 Å². The molecule has 0 radical (unpaired) electrons. The van der Waals surface area contributed by atoms with E-state index in [0.29, 0.717) is 13.0 Å². The van der Waals surface area contributed by atoms with Crippen molar-refractivity contribution in [3.63, 3.8) is 0 Å². The van der Waals surface area contributed by atoms with Crippen molar-refractivity contribution in [1.29, 1.82) is 0 Å². The van der Waals surface area contributed by atoms with Gasteiger partial charge in [0.1, 0.15) is 0 Å². The smallest absolute Gasteiger partial charge is 0.304 e. The summed E-state index contributed by atoms with van der Waals surface area (Å²) in [6.45, 7) is 10.2. The summed E-state index contributed by atoms with van der Waals surface area (Å²) in [4.78, 5) is 23.3. The van der Waals surface area contributed by atoms with E-state index in [1.807, 2.05) is 0 Å². The van der Waals surface area contributed by atoms with E-state index < -0.39 is 0 Å². The second kappa shape index (κ2) is 13.8. The van der Waals surface area contributed by atoms with Gasteiger partial charge in [-0.1, -0.05) is 40.0 Å². The largest absolute Gasteiger partial charge is 0.342 e. The van der Waals surface area contributed by atoms with Gasteiger partial charge in [0.05, 0.1) is 6.61 Å². The normalized spacial score (nSPS) is 10.9. The van der Waals surface area contributed by atoms with Crippen LogP contribution in [0, 0.1) is 0 Å². The minimum Gasteiger partial charge on any atom is -0.304 e. The van der Waals surface area contributed by atoms with E-state index in [2.05, 4.69) is 25.7 Å². The molecule has 0 aromatic heterocycles. The zero-order chi connectivity index (χ0) is 14.3. The quantitative estimate of drug-likeness (QED) is 0.292. The van der Waals surface area contributed by atoms with E-state index in [-0.39, 0.29) is 5.97 Å². The molecule has 0 aliphatic carbocycles. The molecule has 0 amide bonds. The Kier molecular flexibility index (Phi) is 13.4. The molecular formula is C15H31NO3. The Bertz CT molecular complexity index is 206. The highest BCUT2D eigenvalue weighted by molar-refractivity contribution is 5.68. The summed E-state index contributed by atoms with van der Waals surface area (Å²) < 4.78 is 0. The monoisotopic (exact) mass is 273 g/mol. The second-order valence-corrected chi connectivity index (χ2v) is 4.82. The zero-order valence-corrected chi connectivity index (χ0v) is 13.0. The minimum atomic E-state index is -0.241. The lowest BCUT2D eigenvalue weighted by molar-refractivity contribution is -0.272. The fraction of sp³-hybridized carbons (Fsp3) is 0.933. The van der Waals surface area contributed by atoms with Crippen molar-refractivity contribution in [3.05, 3.63) is 0 Å². The third-order valence-electron chi connectivity index (χ3n) is 3.23. The molecule has 0 rings (SSSR count). The zero-order valence-electron chi connectivity index (χ0n) is 13.0. The number of hydrogen-bond acceptors (Lipinski definition) is 4. The summed E-state index contributed by atoms with van der Waals surface area (Å²) >= 11 is 0. The summed E-state index contributed by atoms with van der Waals surface area (Å²) in [5, 5.41) is 0. The standard InChI is InChI=1S/C15H31NO3/c1-4-7-8-11-14-18-19-15(17)12-9-10-13-16(5-2)6-3/h4-14H2,1-3H3. The van der Waals surface area contributed by atoms with Gasteiger partial charge < -0.3 is 4.90 Å². The summed E-state index contributed by atoms with van der Waals surface area (Å²) in [5.41, 5.74) is 0. The van der Waals surface area contributed by atoms with Gasteiger partial charge in [-0.2, -0.15) is 4.89 Å². The Morgan fingerprint density at radius 1 is 0.947 bits per heavy atom. The number of carbonyl (C=O) groups is 1. The molecule has 0 aromatic rings. The van der Waals surface area contributed by atoms with Gasteiger partial charge in [-0.3, -0.25) is 4.89 Å². The Morgan fingerprint density at radius 2 is 1.68 bits per heavy atom. The first-order valence-corrected chi connectivity index (χ1v) is 7.79. The molecule has 0 saturated carbocycles. The summed E-state index contributed by atoms with van der Waals surface area (Å²) in [6, 6.07) is 0. The van der Waals surface area contributed by atoms with Crippen LogP contribution in [0.15, 0.2) is 0 Å². The van der Waals surface area contributed by atoms with E-state index in [4.69, 9.17) is 9.78 Å². The summed E-state index contributed by atoms with van der Waals surface area (Å²) in [7, 11) is 0. The van der Waals surface area contributed by atoms with Crippen molar-refractivity contribution in [1.82, 2.24) is 4.90 Å². The molecule has 0 spiro atoms. The van der Waals surface area contributed by atoms with Crippen LogP contribution < -0.4 is 0 Å². The molecule has 0 saturated heterocycles. The van der Waals surface area contributed by atoms with Gasteiger partial charge in [0.15, 0.2) is 0 Å². The maximum atomic E-state index is 11.4. The van der Waals surface area contributed by atoms with Crippen LogP contribution in [0.2, 0.25) is 0 Å². The number of nitrogens with zero attached hydrogens (tertiary/aromatic N) is 1. The van der Waals surface area contributed by atoms with Crippen LogP contribution in [0.4, 0.5) is 0 Å². The molecule has 0 aliphatic heterocycles. The fourth-order valence-electron chi connectivity index (χ4n) is 1.88. The SMILES string of the molecule is CCCCCCOOC(=O)CCCCN(CC)CC. The van der Waals surface area contributed by atoms with Gasteiger partial charge in [-0.25, -0.2) is 4.79 Å². The summed E-state index contributed by atoms with van der Waals surface area (Å²) in [5.74, 6) is -0.241. The highest BCUT2D eigenvalue weighted by Gasteiger charge is 2.05. The molecule has 0 atom stereocenters. The first-order valence-electron chi connectivity index (χ1n) is 7.79. The summed E-state index contributed by atoms with van der Waals surface area (Å²) in [6.07, 6.45) is 6.87. The van der Waals surface area contributed by atoms with E-state index >= 15 is 0 Å². The topological polar surface area (TPSA) is 38.8 Å². The molecular weight excluding hydrogens is 242 g/mol. The number of rotatable bonds is 13. The van der Waals surface area contributed by atoms with Crippen LogP contribution in [0.5, 0.6) is 0 Å². The van der Waals surface area contributed by atoms with Crippen molar-refractivity contribution < 1.29 is 14.6 Å². The lowest BCUT2D eigenvalue weighted by Crippen LogP contribution is -2.24. The second-order valence-electron chi connectivity index (χ2n) is 4.82. The first kappa shape index (κ1) is 18.4. The molecule has 4 heteroatoms. The first-order chi connectivity index (χ1) is 9.24. The maximum Gasteiger partial charge on any atom is 0.342 e. The van der Waals surface area contributed by atoms with Crippen LogP contribution in [0.1, 0.15) is 65.7 Å². The Labute approximate surface area is 118 Å². The Morgan fingerprint density at radius 3 is 2.32 bits per heavy atom. The minimum absolute atomic E-state index is 0.241. The van der Waals surface area contributed by atoms with Gasteiger partial charge >= 0.3 is 5.97 Å². The van der Waals surface area contributed by atoms with Crippen LogP contribution >= 0.6 is 0 Å². The highest BCUT2D eigenvalue weighted by atomic mass is 17.2. The third-order valence-corrected chi connectivity index (χ3v) is 3.23. The van der Waals surface area contributed by atoms with Crippen LogP contribution in [-0.4, -0.2) is 37.1 Å². The van der Waals surface area contributed by atoms with Crippen molar-refractivity contribution in [2.45, 2.75) is 65.7 Å². The molecule has 0 aliphatic rings. The van der Waals surface area contributed by atoms with Gasteiger partial charge in [-0.05, 0) is 38.9 Å². The molecule has 114 valence electrons. The lowest BCUT2D eigenvalue weighted by Gasteiger charge is -2.17. The van der Waals surface area contributed by atoms with Crippen molar-refractivity contribution in [2.75, 3.05) is 26.2 Å². The maximum absolute atomic E-state index is 11.4. The van der Waals surface area contributed by atoms with Crippen molar-refractivity contribution >= 4 is 5.97 Å². The van der Waals surface area contributed by atoms with Crippen molar-refractivity contribution in [3.8, 4) is 0 Å². The van der Waals surface area contributed by atoms with Crippen molar-refractivity contribution in [2.24, 2.45) is 0 Å². The molecule has 0 N–H and O–H groups in total. The van der Waals surface area contributed by atoms with E-state index in [0.717, 1.165) is 45.3 Å². The molecule has 0 fully saturated rings. The van der Waals surface area contributed by atoms with Gasteiger partial charge in [-0.15, -0.1) is 0 Å².